The molecule has 4 aliphatic carbocycles. The molecule has 2 heteroatoms. The first-order chi connectivity index (χ1) is 22.8. The van der Waals surface area contributed by atoms with Crippen LogP contribution in [0.25, 0.3) is 11.6 Å². The molecule has 0 radical (unpaired) electrons. The second kappa shape index (κ2) is 12.6. The summed E-state index contributed by atoms with van der Waals surface area (Å²) in [6.07, 6.45) is 28.2. The van der Waals surface area contributed by atoms with E-state index in [1.165, 1.54) is 62.0 Å². The summed E-state index contributed by atoms with van der Waals surface area (Å²) in [6, 6.07) is 37.5. The molecule has 0 amide bonds. The van der Waals surface area contributed by atoms with E-state index in [0.717, 1.165) is 32.1 Å². The Labute approximate surface area is 273 Å². The molecule has 0 saturated heterocycles. The maximum absolute atomic E-state index is 2.48. The quantitative estimate of drug-likeness (QED) is 0.210. The van der Waals surface area contributed by atoms with Gasteiger partial charge in [0.1, 0.15) is 0 Å². The van der Waals surface area contributed by atoms with Crippen LogP contribution in [-0.4, -0.2) is 0 Å². The van der Waals surface area contributed by atoms with Gasteiger partial charge in [-0.25, -0.2) is 0 Å². The van der Waals surface area contributed by atoms with Crippen LogP contribution >= 0.6 is 0 Å². The predicted octanol–water partition coefficient (Wildman–Crippen LogP) is 11.6. The summed E-state index contributed by atoms with van der Waals surface area (Å²) in [5.74, 6) is 0.442. The van der Waals surface area contributed by atoms with E-state index < -0.39 is 0 Å². The average Bonchev–Trinajstić information content (AvgIpc) is 3.14. The smallest absolute Gasteiger partial charge is 0.0536 e. The van der Waals surface area contributed by atoms with Gasteiger partial charge in [-0.15, -0.1) is 0 Å². The molecule has 224 valence electrons. The van der Waals surface area contributed by atoms with Gasteiger partial charge in [0, 0.05) is 39.9 Å². The van der Waals surface area contributed by atoms with Crippen molar-refractivity contribution in [2.24, 2.45) is 5.92 Å². The highest BCUT2D eigenvalue weighted by molar-refractivity contribution is 5.85. The van der Waals surface area contributed by atoms with Crippen molar-refractivity contribution in [3.8, 4) is 0 Å². The van der Waals surface area contributed by atoms with Gasteiger partial charge in [-0.1, -0.05) is 109 Å². The molecule has 46 heavy (non-hydrogen) atoms. The Morgan fingerprint density at radius 1 is 0.565 bits per heavy atom. The van der Waals surface area contributed by atoms with Gasteiger partial charge in [0.25, 0.3) is 0 Å². The van der Waals surface area contributed by atoms with E-state index in [1.807, 2.05) is 0 Å². The number of fused-ring (bicyclic) bond motifs is 2. The number of rotatable bonds is 7. The van der Waals surface area contributed by atoms with E-state index in [1.54, 1.807) is 0 Å². The SMILES string of the molecule is C1=CC2=C(N(C3=CC=C(c4ccc(N(c5ccccc5)c5cccc6c5C=CCC6)cc4)CC3)c3ccccc3)C=CCC2C=C1. The third-order valence-corrected chi connectivity index (χ3v) is 9.55. The molecule has 2 nitrogen and oxygen atoms in total. The maximum Gasteiger partial charge on any atom is 0.0536 e. The average molecular weight is 595 g/mol. The first kappa shape index (κ1) is 28.2. The van der Waals surface area contributed by atoms with Gasteiger partial charge in [-0.05, 0) is 109 Å². The summed E-state index contributed by atoms with van der Waals surface area (Å²) in [5.41, 5.74) is 14.2. The zero-order valence-electron chi connectivity index (χ0n) is 26.1. The largest absolute Gasteiger partial charge is 0.314 e. The zero-order valence-corrected chi connectivity index (χ0v) is 26.1. The molecule has 4 aliphatic rings. The summed E-state index contributed by atoms with van der Waals surface area (Å²) in [5, 5.41) is 0. The fourth-order valence-electron chi connectivity index (χ4n) is 7.26. The molecule has 0 N–H and O–H groups in total. The van der Waals surface area contributed by atoms with Crippen LogP contribution in [0.5, 0.6) is 0 Å². The van der Waals surface area contributed by atoms with E-state index in [-0.39, 0.29) is 0 Å². The molecule has 1 atom stereocenters. The van der Waals surface area contributed by atoms with Crippen LogP contribution in [0.1, 0.15) is 42.4 Å². The van der Waals surface area contributed by atoms with Gasteiger partial charge in [0.2, 0.25) is 0 Å². The standard InChI is InChI=1S/C44H38N2/c1-3-17-37(18-4-1)45(43-23-11-15-35-13-7-9-21-41(35)43)39-29-25-33(26-30-39)34-27-31-40(32-28-34)46(38-19-5-2-6-20-38)44-24-12-16-36-14-8-10-22-42(36)44/h1-7,9-13,16-25,27-29,31-32,35H,8,14-15,26,30H2. The Kier molecular flexibility index (Phi) is 7.70. The van der Waals surface area contributed by atoms with Gasteiger partial charge in [-0.2, -0.15) is 0 Å². The minimum Gasteiger partial charge on any atom is -0.314 e. The molecule has 0 aliphatic heterocycles. The summed E-state index contributed by atoms with van der Waals surface area (Å²) in [7, 11) is 0. The Morgan fingerprint density at radius 2 is 1.33 bits per heavy atom. The van der Waals surface area contributed by atoms with E-state index in [9.17, 15) is 0 Å². The zero-order chi connectivity index (χ0) is 30.7. The first-order valence-electron chi connectivity index (χ1n) is 16.6. The lowest BCUT2D eigenvalue weighted by atomic mass is 9.85. The summed E-state index contributed by atoms with van der Waals surface area (Å²) in [4.78, 5) is 4.88. The van der Waals surface area contributed by atoms with Crippen LogP contribution in [-0.2, 0) is 6.42 Å². The van der Waals surface area contributed by atoms with Crippen molar-refractivity contribution in [1.29, 1.82) is 0 Å². The Hall–Kier alpha value is -5.34. The van der Waals surface area contributed by atoms with Crippen molar-refractivity contribution in [2.75, 3.05) is 9.80 Å². The molecule has 0 saturated carbocycles. The third kappa shape index (κ3) is 5.41. The maximum atomic E-state index is 2.48. The molecule has 1 unspecified atom stereocenters. The van der Waals surface area contributed by atoms with E-state index >= 15 is 0 Å². The van der Waals surface area contributed by atoms with Crippen molar-refractivity contribution in [1.82, 2.24) is 0 Å². The topological polar surface area (TPSA) is 6.48 Å². The van der Waals surface area contributed by atoms with E-state index in [0.29, 0.717) is 5.92 Å². The van der Waals surface area contributed by atoms with Crippen molar-refractivity contribution in [2.45, 2.75) is 32.1 Å². The molecule has 0 heterocycles. The number of hydrogen-bond acceptors (Lipinski definition) is 2. The first-order valence-corrected chi connectivity index (χ1v) is 16.6. The molecule has 4 aromatic carbocycles. The highest BCUT2D eigenvalue weighted by Gasteiger charge is 2.25. The lowest BCUT2D eigenvalue weighted by Gasteiger charge is -2.35. The number of allylic oxidation sites excluding steroid dienone is 12. The highest BCUT2D eigenvalue weighted by atomic mass is 15.2. The third-order valence-electron chi connectivity index (χ3n) is 9.55. The lowest BCUT2D eigenvalue weighted by Crippen LogP contribution is -2.26. The number of aryl methyl sites for hydroxylation is 1. The Bertz CT molecular complexity index is 1950. The summed E-state index contributed by atoms with van der Waals surface area (Å²) >= 11 is 0. The van der Waals surface area contributed by atoms with Crippen molar-refractivity contribution >= 4 is 34.4 Å². The normalized spacial score (nSPS) is 18.0. The van der Waals surface area contributed by atoms with Crippen LogP contribution in [0.3, 0.4) is 0 Å². The van der Waals surface area contributed by atoms with Gasteiger partial charge in [0.15, 0.2) is 0 Å². The minimum atomic E-state index is 0.442. The van der Waals surface area contributed by atoms with Gasteiger partial charge in [-0.3, -0.25) is 0 Å². The molecule has 0 fully saturated rings. The second-order valence-electron chi connectivity index (χ2n) is 12.4. The van der Waals surface area contributed by atoms with Crippen molar-refractivity contribution in [3.63, 3.8) is 0 Å². The van der Waals surface area contributed by atoms with E-state index in [2.05, 4.69) is 174 Å². The van der Waals surface area contributed by atoms with Crippen molar-refractivity contribution in [3.05, 3.63) is 191 Å². The fraction of sp³-hybridized carbons (Fsp3) is 0.136. The predicted molar refractivity (Wildman–Crippen MR) is 195 cm³/mol. The minimum absolute atomic E-state index is 0.442. The summed E-state index contributed by atoms with van der Waals surface area (Å²) in [6.45, 7) is 0. The molecular weight excluding hydrogens is 556 g/mol. The summed E-state index contributed by atoms with van der Waals surface area (Å²) < 4.78 is 0. The number of hydrogen-bond donors (Lipinski definition) is 0. The van der Waals surface area contributed by atoms with Gasteiger partial charge < -0.3 is 9.80 Å². The molecule has 0 bridgehead atoms. The number of nitrogens with zero attached hydrogens (tertiary/aromatic N) is 2. The van der Waals surface area contributed by atoms with Crippen molar-refractivity contribution < 1.29 is 0 Å². The molecule has 8 rings (SSSR count). The van der Waals surface area contributed by atoms with E-state index in [4.69, 9.17) is 0 Å². The Balaban J connectivity index is 1.13. The molecule has 0 aromatic heterocycles. The molecule has 0 spiro atoms. The van der Waals surface area contributed by atoms with Crippen LogP contribution < -0.4 is 9.80 Å². The number of anilines is 4. The van der Waals surface area contributed by atoms with Gasteiger partial charge in [0.05, 0.1) is 5.69 Å². The lowest BCUT2D eigenvalue weighted by molar-refractivity contribution is 0.756. The fourth-order valence-corrected chi connectivity index (χ4v) is 7.26. The monoisotopic (exact) mass is 594 g/mol. The molecule has 4 aromatic rings. The molecular formula is C44H38N2. The van der Waals surface area contributed by atoms with Crippen LogP contribution in [0, 0.1) is 5.92 Å². The number of para-hydroxylation sites is 2. The van der Waals surface area contributed by atoms with Crippen LogP contribution in [0.15, 0.2) is 175 Å². The highest BCUT2D eigenvalue weighted by Crippen LogP contribution is 2.42. The second-order valence-corrected chi connectivity index (χ2v) is 12.4. The number of benzene rings is 4. The van der Waals surface area contributed by atoms with Crippen LogP contribution in [0.4, 0.5) is 22.7 Å². The Morgan fingerprint density at radius 3 is 2.09 bits per heavy atom. The van der Waals surface area contributed by atoms with Gasteiger partial charge >= 0.3 is 0 Å². The van der Waals surface area contributed by atoms with Crippen LogP contribution in [0.2, 0.25) is 0 Å².